The van der Waals surface area contributed by atoms with E-state index in [1.807, 2.05) is 19.1 Å². The highest BCUT2D eigenvalue weighted by molar-refractivity contribution is 6.00. The molecule has 3 rings (SSSR count). The molecule has 1 heterocycles. The smallest absolute Gasteiger partial charge is 0.337 e. The molecule has 1 N–H and O–H groups in total. The Kier molecular flexibility index (Phi) is 7.02. The summed E-state index contributed by atoms with van der Waals surface area (Å²) in [6.45, 7) is 1.77. The van der Waals surface area contributed by atoms with Gasteiger partial charge < -0.3 is 19.7 Å². The number of methoxy groups -OCH3 is 1. The van der Waals surface area contributed by atoms with Crippen molar-refractivity contribution in [3.8, 4) is 0 Å². The third-order valence-electron chi connectivity index (χ3n) is 5.05. The zero-order valence-electron chi connectivity index (χ0n) is 17.4. The van der Waals surface area contributed by atoms with Gasteiger partial charge in [-0.2, -0.15) is 0 Å². The number of ether oxygens (including phenoxy) is 2. The van der Waals surface area contributed by atoms with Gasteiger partial charge in [-0.25, -0.2) is 4.79 Å². The van der Waals surface area contributed by atoms with Crippen LogP contribution < -0.4 is 10.2 Å². The molecule has 0 saturated carbocycles. The SMILES string of the molecule is CCc1ccc(NC(=O)COC(=O)[C@H]2CC(=O)N(c3ccc(C(=O)OC)cc3)C2)cc1. The number of aryl methyl sites for hydroxylation is 1. The van der Waals surface area contributed by atoms with E-state index in [0.717, 1.165) is 12.0 Å². The number of carbonyl (C=O) groups is 4. The number of carbonyl (C=O) groups excluding carboxylic acids is 4. The van der Waals surface area contributed by atoms with E-state index >= 15 is 0 Å². The molecule has 162 valence electrons. The lowest BCUT2D eigenvalue weighted by Crippen LogP contribution is -2.28. The second-order valence-electron chi connectivity index (χ2n) is 7.15. The summed E-state index contributed by atoms with van der Waals surface area (Å²) in [7, 11) is 1.29. The van der Waals surface area contributed by atoms with Crippen molar-refractivity contribution in [1.29, 1.82) is 0 Å². The van der Waals surface area contributed by atoms with Crippen LogP contribution in [0.15, 0.2) is 48.5 Å². The van der Waals surface area contributed by atoms with Gasteiger partial charge in [0, 0.05) is 24.3 Å². The molecule has 8 nitrogen and oxygen atoms in total. The van der Waals surface area contributed by atoms with Crippen molar-refractivity contribution in [2.45, 2.75) is 19.8 Å². The minimum absolute atomic E-state index is 0.00230. The molecule has 0 aromatic heterocycles. The fourth-order valence-corrected chi connectivity index (χ4v) is 3.29. The number of rotatable bonds is 7. The second-order valence-corrected chi connectivity index (χ2v) is 7.15. The van der Waals surface area contributed by atoms with Crippen LogP contribution in [0.1, 0.15) is 29.3 Å². The molecule has 2 aromatic rings. The van der Waals surface area contributed by atoms with Crippen molar-refractivity contribution in [1.82, 2.24) is 0 Å². The summed E-state index contributed by atoms with van der Waals surface area (Å²) < 4.78 is 9.76. The van der Waals surface area contributed by atoms with Crippen LogP contribution in [0, 0.1) is 5.92 Å². The predicted molar refractivity (Wildman–Crippen MR) is 114 cm³/mol. The van der Waals surface area contributed by atoms with E-state index in [4.69, 9.17) is 4.74 Å². The summed E-state index contributed by atoms with van der Waals surface area (Å²) >= 11 is 0. The summed E-state index contributed by atoms with van der Waals surface area (Å²) in [5, 5.41) is 2.67. The second kappa shape index (κ2) is 9.88. The first-order valence-electron chi connectivity index (χ1n) is 9.95. The van der Waals surface area contributed by atoms with Gasteiger partial charge in [-0.1, -0.05) is 19.1 Å². The highest BCUT2D eigenvalue weighted by Gasteiger charge is 2.36. The van der Waals surface area contributed by atoms with E-state index in [0.29, 0.717) is 16.9 Å². The molecule has 2 aromatic carbocycles. The number of hydrogen-bond donors (Lipinski definition) is 1. The van der Waals surface area contributed by atoms with Crippen LogP contribution in [0.2, 0.25) is 0 Å². The summed E-state index contributed by atoms with van der Waals surface area (Å²) in [6.07, 6.45) is 0.899. The summed E-state index contributed by atoms with van der Waals surface area (Å²) in [4.78, 5) is 49.7. The number of anilines is 2. The molecule has 0 unspecified atom stereocenters. The van der Waals surface area contributed by atoms with Crippen LogP contribution in [0.5, 0.6) is 0 Å². The number of amides is 2. The lowest BCUT2D eigenvalue weighted by Gasteiger charge is -2.16. The third kappa shape index (κ3) is 5.48. The molecule has 1 fully saturated rings. The van der Waals surface area contributed by atoms with Gasteiger partial charge in [0.25, 0.3) is 5.91 Å². The lowest BCUT2D eigenvalue weighted by atomic mass is 10.1. The highest BCUT2D eigenvalue weighted by Crippen LogP contribution is 2.26. The molecule has 2 amide bonds. The first-order valence-corrected chi connectivity index (χ1v) is 9.95. The topological polar surface area (TPSA) is 102 Å². The van der Waals surface area contributed by atoms with Crippen LogP contribution in [0.3, 0.4) is 0 Å². The largest absolute Gasteiger partial charge is 0.465 e. The zero-order chi connectivity index (χ0) is 22.4. The summed E-state index contributed by atoms with van der Waals surface area (Å²) in [6, 6.07) is 13.8. The Morgan fingerprint density at radius 2 is 1.74 bits per heavy atom. The average Bonchev–Trinajstić information content (AvgIpc) is 3.19. The Balaban J connectivity index is 1.51. The normalized spacial score (nSPS) is 15.5. The average molecular weight is 424 g/mol. The Hall–Kier alpha value is -3.68. The summed E-state index contributed by atoms with van der Waals surface area (Å²) in [5.74, 6) is -2.41. The number of nitrogens with one attached hydrogen (secondary N) is 1. The molecule has 1 atom stereocenters. The molecule has 0 spiro atoms. The number of hydrogen-bond acceptors (Lipinski definition) is 6. The number of esters is 2. The maximum Gasteiger partial charge on any atom is 0.337 e. The number of benzene rings is 2. The third-order valence-corrected chi connectivity index (χ3v) is 5.05. The van der Waals surface area contributed by atoms with Crippen molar-refractivity contribution in [2.75, 3.05) is 30.5 Å². The van der Waals surface area contributed by atoms with E-state index in [1.165, 1.54) is 12.0 Å². The van der Waals surface area contributed by atoms with Crippen molar-refractivity contribution in [2.24, 2.45) is 5.92 Å². The molecule has 31 heavy (non-hydrogen) atoms. The fourth-order valence-electron chi connectivity index (χ4n) is 3.29. The Bertz CT molecular complexity index is 969. The minimum Gasteiger partial charge on any atom is -0.465 e. The van der Waals surface area contributed by atoms with E-state index in [1.54, 1.807) is 36.4 Å². The van der Waals surface area contributed by atoms with Gasteiger partial charge in [-0.05, 0) is 48.4 Å². The van der Waals surface area contributed by atoms with Gasteiger partial charge in [0.1, 0.15) is 0 Å². The maximum absolute atomic E-state index is 12.3. The van der Waals surface area contributed by atoms with Crippen molar-refractivity contribution in [3.05, 3.63) is 59.7 Å². The van der Waals surface area contributed by atoms with E-state index in [-0.39, 0.29) is 18.9 Å². The van der Waals surface area contributed by atoms with E-state index in [9.17, 15) is 19.2 Å². The van der Waals surface area contributed by atoms with Gasteiger partial charge in [-0.3, -0.25) is 14.4 Å². The van der Waals surface area contributed by atoms with Crippen LogP contribution in [-0.2, 0) is 30.3 Å². The highest BCUT2D eigenvalue weighted by atomic mass is 16.5. The zero-order valence-corrected chi connectivity index (χ0v) is 17.4. The standard InChI is InChI=1S/C23H24N2O6/c1-3-15-4-8-18(9-5-15)24-20(26)14-31-23(29)17-12-21(27)25(13-17)19-10-6-16(7-11-19)22(28)30-2/h4-11,17H,3,12-14H2,1-2H3,(H,24,26)/t17-/m0/s1. The van der Waals surface area contributed by atoms with Gasteiger partial charge in [-0.15, -0.1) is 0 Å². The van der Waals surface area contributed by atoms with Gasteiger partial charge in [0.2, 0.25) is 5.91 Å². The van der Waals surface area contributed by atoms with Gasteiger partial charge >= 0.3 is 11.9 Å². The molecule has 0 bridgehead atoms. The Morgan fingerprint density at radius 3 is 2.35 bits per heavy atom. The molecule has 1 saturated heterocycles. The molecule has 0 aliphatic carbocycles. The maximum atomic E-state index is 12.3. The van der Waals surface area contributed by atoms with Crippen molar-refractivity contribution in [3.63, 3.8) is 0 Å². The van der Waals surface area contributed by atoms with Crippen LogP contribution in [-0.4, -0.2) is 44.0 Å². The molecule has 1 aliphatic heterocycles. The van der Waals surface area contributed by atoms with Gasteiger partial charge in [0.05, 0.1) is 18.6 Å². The van der Waals surface area contributed by atoms with Crippen molar-refractivity contribution < 1.29 is 28.7 Å². The fraction of sp³-hybridized carbons (Fsp3) is 0.304. The molecular weight excluding hydrogens is 400 g/mol. The Labute approximate surface area is 180 Å². The quantitative estimate of drug-likeness (QED) is 0.686. The monoisotopic (exact) mass is 424 g/mol. The van der Waals surface area contributed by atoms with E-state index < -0.39 is 30.4 Å². The van der Waals surface area contributed by atoms with Crippen LogP contribution in [0.25, 0.3) is 0 Å². The van der Waals surface area contributed by atoms with Gasteiger partial charge in [0.15, 0.2) is 6.61 Å². The molecule has 1 aliphatic rings. The lowest BCUT2D eigenvalue weighted by molar-refractivity contribution is -0.151. The first-order chi connectivity index (χ1) is 14.9. The van der Waals surface area contributed by atoms with E-state index in [2.05, 4.69) is 10.1 Å². The summed E-state index contributed by atoms with van der Waals surface area (Å²) in [5.41, 5.74) is 2.71. The number of nitrogens with zero attached hydrogens (tertiary/aromatic N) is 1. The first kappa shape index (κ1) is 22.0. The molecule has 0 radical (unpaired) electrons. The molecule has 8 heteroatoms. The predicted octanol–water partition coefficient (Wildman–Crippen LogP) is 2.57. The van der Waals surface area contributed by atoms with Crippen LogP contribution in [0.4, 0.5) is 11.4 Å². The molecular formula is C23H24N2O6. The van der Waals surface area contributed by atoms with Crippen molar-refractivity contribution >= 4 is 35.1 Å². The minimum atomic E-state index is -0.663. The Morgan fingerprint density at radius 1 is 1.06 bits per heavy atom. The van der Waals surface area contributed by atoms with Crippen LogP contribution >= 0.6 is 0 Å².